The molecule has 0 fully saturated rings. The van der Waals surface area contributed by atoms with E-state index in [0.29, 0.717) is 15.7 Å². The van der Waals surface area contributed by atoms with Crippen molar-refractivity contribution in [2.24, 2.45) is 0 Å². The third-order valence-electron chi connectivity index (χ3n) is 1.69. The Morgan fingerprint density at radius 3 is 2.71 bits per heavy atom. The first kappa shape index (κ1) is 9.30. The van der Waals surface area contributed by atoms with Crippen LogP contribution in [-0.2, 0) is 0 Å². The van der Waals surface area contributed by atoms with E-state index < -0.39 is 0 Å². The average Bonchev–Trinajstić information content (AvgIpc) is 2.57. The number of nitrogen functional groups attached to an aromatic ring is 1. The van der Waals surface area contributed by atoms with Crippen LogP contribution in [0.15, 0.2) is 24.5 Å². The molecule has 0 radical (unpaired) electrons. The Hall–Kier alpha value is -1.26. The second-order valence-corrected chi connectivity index (χ2v) is 3.41. The summed E-state index contributed by atoms with van der Waals surface area (Å²) >= 11 is 11.8. The Morgan fingerprint density at radius 2 is 2.07 bits per heavy atom. The second-order valence-electron chi connectivity index (χ2n) is 2.62. The maximum Gasteiger partial charge on any atom is 0.239 e. The molecule has 6 heteroatoms. The quantitative estimate of drug-likeness (QED) is 0.814. The Kier molecular flexibility index (Phi) is 2.31. The number of halogens is 2. The van der Waals surface area contributed by atoms with Crippen LogP contribution >= 0.6 is 23.2 Å². The number of nitrogens with two attached hydrogens (primary N) is 1. The topological polar surface area (TPSA) is 56.7 Å². The van der Waals surface area contributed by atoms with Crippen LogP contribution in [0.25, 0.3) is 5.69 Å². The van der Waals surface area contributed by atoms with Gasteiger partial charge in [-0.3, -0.25) is 0 Å². The molecule has 0 amide bonds. The van der Waals surface area contributed by atoms with E-state index in [0.717, 1.165) is 0 Å². The van der Waals surface area contributed by atoms with Gasteiger partial charge in [0.25, 0.3) is 0 Å². The summed E-state index contributed by atoms with van der Waals surface area (Å²) in [5, 5.41) is 4.82. The molecule has 0 aliphatic rings. The van der Waals surface area contributed by atoms with Gasteiger partial charge in [0.05, 0.1) is 15.7 Å². The van der Waals surface area contributed by atoms with E-state index in [2.05, 4.69) is 10.1 Å². The van der Waals surface area contributed by atoms with Gasteiger partial charge in [-0.05, 0) is 12.1 Å². The van der Waals surface area contributed by atoms with E-state index in [1.807, 2.05) is 0 Å². The molecule has 2 rings (SSSR count). The van der Waals surface area contributed by atoms with Crippen LogP contribution in [0.5, 0.6) is 0 Å². The van der Waals surface area contributed by atoms with Gasteiger partial charge in [0, 0.05) is 0 Å². The molecule has 0 bridgehead atoms. The zero-order chi connectivity index (χ0) is 10.1. The van der Waals surface area contributed by atoms with Crippen LogP contribution in [0.1, 0.15) is 0 Å². The van der Waals surface area contributed by atoms with E-state index in [1.54, 1.807) is 18.2 Å². The molecule has 1 heterocycles. The molecular formula is C8H6Cl2N4. The lowest BCUT2D eigenvalue weighted by Crippen LogP contribution is -1.97. The van der Waals surface area contributed by atoms with Crippen molar-refractivity contribution in [3.05, 3.63) is 34.6 Å². The lowest BCUT2D eigenvalue weighted by Gasteiger charge is -2.03. The van der Waals surface area contributed by atoms with Crippen molar-refractivity contribution in [3.63, 3.8) is 0 Å². The summed E-state index contributed by atoms with van der Waals surface area (Å²) in [5.41, 5.74) is 6.04. The fourth-order valence-corrected chi connectivity index (χ4v) is 1.44. The number of rotatable bonds is 1. The number of hydrogen-bond donors (Lipinski definition) is 1. The lowest BCUT2D eigenvalue weighted by molar-refractivity contribution is 0.883. The number of nitrogens with zero attached hydrogens (tertiary/aromatic N) is 3. The number of hydrogen-bond acceptors (Lipinski definition) is 3. The molecule has 2 aromatic rings. The highest BCUT2D eigenvalue weighted by molar-refractivity contribution is 6.43. The van der Waals surface area contributed by atoms with E-state index in [4.69, 9.17) is 28.9 Å². The molecule has 14 heavy (non-hydrogen) atoms. The summed E-state index contributed by atoms with van der Waals surface area (Å²) in [6, 6.07) is 5.26. The van der Waals surface area contributed by atoms with E-state index >= 15 is 0 Å². The highest BCUT2D eigenvalue weighted by Gasteiger charge is 2.07. The van der Waals surface area contributed by atoms with Gasteiger partial charge in [-0.25, -0.2) is 9.67 Å². The van der Waals surface area contributed by atoms with Crippen molar-refractivity contribution in [2.75, 3.05) is 5.73 Å². The van der Waals surface area contributed by atoms with Crippen molar-refractivity contribution in [2.45, 2.75) is 0 Å². The van der Waals surface area contributed by atoms with Gasteiger partial charge in [-0.1, -0.05) is 29.3 Å². The standard InChI is InChI=1S/C8H6Cl2N4/c9-5-2-1-3-6(7(5)10)14-4-12-8(11)13-14/h1-4H,(H2,11,13). The zero-order valence-corrected chi connectivity index (χ0v) is 8.50. The Balaban J connectivity index is 2.57. The van der Waals surface area contributed by atoms with Crippen LogP contribution in [-0.4, -0.2) is 14.8 Å². The van der Waals surface area contributed by atoms with Gasteiger partial charge in [-0.15, -0.1) is 5.10 Å². The van der Waals surface area contributed by atoms with Crippen LogP contribution in [0, 0.1) is 0 Å². The summed E-state index contributed by atoms with van der Waals surface area (Å²) in [5.74, 6) is 0.195. The first-order valence-electron chi connectivity index (χ1n) is 3.80. The molecule has 0 saturated heterocycles. The molecule has 0 unspecified atom stereocenters. The van der Waals surface area contributed by atoms with E-state index in [1.165, 1.54) is 11.0 Å². The first-order chi connectivity index (χ1) is 6.68. The zero-order valence-electron chi connectivity index (χ0n) is 6.98. The molecule has 0 saturated carbocycles. The van der Waals surface area contributed by atoms with Gasteiger partial charge in [0.1, 0.15) is 6.33 Å². The van der Waals surface area contributed by atoms with Crippen LogP contribution < -0.4 is 5.73 Å². The van der Waals surface area contributed by atoms with Gasteiger partial charge in [0.2, 0.25) is 5.95 Å². The van der Waals surface area contributed by atoms with Crippen molar-refractivity contribution >= 4 is 29.2 Å². The predicted molar refractivity (Wildman–Crippen MR) is 55.8 cm³/mol. The fraction of sp³-hybridized carbons (Fsp3) is 0. The van der Waals surface area contributed by atoms with Crippen molar-refractivity contribution < 1.29 is 0 Å². The highest BCUT2D eigenvalue weighted by atomic mass is 35.5. The molecule has 0 atom stereocenters. The minimum absolute atomic E-state index is 0.195. The third-order valence-corrected chi connectivity index (χ3v) is 2.50. The lowest BCUT2D eigenvalue weighted by atomic mass is 10.3. The van der Waals surface area contributed by atoms with Gasteiger partial charge in [0.15, 0.2) is 0 Å². The third kappa shape index (κ3) is 1.54. The van der Waals surface area contributed by atoms with Gasteiger partial charge < -0.3 is 5.73 Å². The summed E-state index contributed by atoms with van der Waals surface area (Å²) < 4.78 is 1.48. The number of benzene rings is 1. The molecule has 0 spiro atoms. The summed E-state index contributed by atoms with van der Waals surface area (Å²) in [6.45, 7) is 0. The number of aromatic nitrogens is 3. The van der Waals surface area contributed by atoms with Gasteiger partial charge in [-0.2, -0.15) is 0 Å². The molecule has 1 aromatic heterocycles. The molecule has 2 N–H and O–H groups in total. The number of anilines is 1. The molecule has 72 valence electrons. The largest absolute Gasteiger partial charge is 0.366 e. The minimum Gasteiger partial charge on any atom is -0.366 e. The Bertz CT molecular complexity index is 466. The monoisotopic (exact) mass is 228 g/mol. The van der Waals surface area contributed by atoms with E-state index in [9.17, 15) is 0 Å². The Labute approximate surface area is 90.3 Å². The SMILES string of the molecule is Nc1ncn(-c2cccc(Cl)c2Cl)n1. The predicted octanol–water partition coefficient (Wildman–Crippen LogP) is 2.16. The van der Waals surface area contributed by atoms with E-state index in [-0.39, 0.29) is 5.95 Å². The summed E-state index contributed by atoms with van der Waals surface area (Å²) in [7, 11) is 0. The smallest absolute Gasteiger partial charge is 0.239 e. The first-order valence-corrected chi connectivity index (χ1v) is 4.55. The average molecular weight is 229 g/mol. The fourth-order valence-electron chi connectivity index (χ4n) is 1.06. The van der Waals surface area contributed by atoms with Crippen LogP contribution in [0.4, 0.5) is 5.95 Å². The van der Waals surface area contributed by atoms with Gasteiger partial charge >= 0.3 is 0 Å². The molecule has 0 aliphatic heterocycles. The molecule has 4 nitrogen and oxygen atoms in total. The van der Waals surface area contributed by atoms with Crippen LogP contribution in [0.3, 0.4) is 0 Å². The molecular weight excluding hydrogens is 223 g/mol. The summed E-state index contributed by atoms with van der Waals surface area (Å²) in [6.07, 6.45) is 1.48. The molecule has 1 aromatic carbocycles. The second kappa shape index (κ2) is 3.48. The maximum atomic E-state index is 5.98. The molecule has 0 aliphatic carbocycles. The highest BCUT2D eigenvalue weighted by Crippen LogP contribution is 2.27. The Morgan fingerprint density at radius 1 is 1.29 bits per heavy atom. The van der Waals surface area contributed by atoms with Crippen molar-refractivity contribution in [1.82, 2.24) is 14.8 Å². The van der Waals surface area contributed by atoms with Crippen molar-refractivity contribution in [3.8, 4) is 5.69 Å². The minimum atomic E-state index is 0.195. The normalized spacial score (nSPS) is 10.4. The summed E-state index contributed by atoms with van der Waals surface area (Å²) in [4.78, 5) is 3.79. The van der Waals surface area contributed by atoms with Crippen LogP contribution in [0.2, 0.25) is 10.0 Å². The maximum absolute atomic E-state index is 5.98. The van der Waals surface area contributed by atoms with Crippen molar-refractivity contribution in [1.29, 1.82) is 0 Å².